The standard InChI is InChI=1S/C14H20N4O/c1-10(2)19-12-6-4-11(5-7-12)14(17-15)13-8-16-9-18(13)3/h4-10,14,17H,15H2,1-3H3. The summed E-state index contributed by atoms with van der Waals surface area (Å²) in [5, 5.41) is 0. The number of ether oxygens (including phenoxy) is 1. The lowest BCUT2D eigenvalue weighted by atomic mass is 10.0. The molecule has 0 aliphatic carbocycles. The number of imidazole rings is 1. The zero-order valence-electron chi connectivity index (χ0n) is 11.5. The molecule has 5 nitrogen and oxygen atoms in total. The second-order valence-corrected chi connectivity index (χ2v) is 4.76. The van der Waals surface area contributed by atoms with Gasteiger partial charge in [0.1, 0.15) is 5.75 Å². The Labute approximate surface area is 113 Å². The van der Waals surface area contributed by atoms with E-state index in [9.17, 15) is 0 Å². The van der Waals surface area contributed by atoms with Gasteiger partial charge in [0, 0.05) is 7.05 Å². The maximum Gasteiger partial charge on any atom is 0.119 e. The zero-order valence-corrected chi connectivity index (χ0v) is 11.5. The first-order valence-electron chi connectivity index (χ1n) is 6.30. The van der Waals surface area contributed by atoms with Gasteiger partial charge in [0.15, 0.2) is 0 Å². The van der Waals surface area contributed by atoms with E-state index in [2.05, 4.69) is 10.4 Å². The lowest BCUT2D eigenvalue weighted by molar-refractivity contribution is 0.242. The van der Waals surface area contributed by atoms with Crippen LogP contribution in [0, 0.1) is 0 Å². The molecular formula is C14H20N4O. The van der Waals surface area contributed by atoms with Gasteiger partial charge in [-0.05, 0) is 31.5 Å². The van der Waals surface area contributed by atoms with E-state index in [1.165, 1.54) is 0 Å². The highest BCUT2D eigenvalue weighted by Gasteiger charge is 2.15. The molecule has 0 bridgehead atoms. The smallest absolute Gasteiger partial charge is 0.119 e. The summed E-state index contributed by atoms with van der Waals surface area (Å²) in [6.45, 7) is 4.02. The first-order valence-corrected chi connectivity index (χ1v) is 6.30. The van der Waals surface area contributed by atoms with E-state index in [-0.39, 0.29) is 12.1 Å². The molecule has 5 heteroatoms. The third kappa shape index (κ3) is 3.13. The van der Waals surface area contributed by atoms with Gasteiger partial charge in [0.05, 0.1) is 30.4 Å². The number of aryl methyl sites for hydroxylation is 1. The van der Waals surface area contributed by atoms with E-state index in [1.54, 1.807) is 6.33 Å². The van der Waals surface area contributed by atoms with Crippen molar-refractivity contribution in [2.24, 2.45) is 12.9 Å². The molecule has 1 aromatic heterocycles. The van der Waals surface area contributed by atoms with Crippen molar-refractivity contribution < 1.29 is 4.74 Å². The molecule has 3 N–H and O–H groups in total. The van der Waals surface area contributed by atoms with Crippen LogP contribution in [-0.4, -0.2) is 15.7 Å². The van der Waals surface area contributed by atoms with Crippen LogP contribution in [0.25, 0.3) is 0 Å². The van der Waals surface area contributed by atoms with Crippen molar-refractivity contribution in [2.75, 3.05) is 0 Å². The van der Waals surface area contributed by atoms with Crippen molar-refractivity contribution in [3.8, 4) is 5.75 Å². The van der Waals surface area contributed by atoms with E-state index < -0.39 is 0 Å². The molecular weight excluding hydrogens is 240 g/mol. The summed E-state index contributed by atoms with van der Waals surface area (Å²) in [7, 11) is 1.95. The normalized spacial score (nSPS) is 12.7. The molecule has 1 atom stereocenters. The van der Waals surface area contributed by atoms with Crippen LogP contribution >= 0.6 is 0 Å². The number of rotatable bonds is 5. The molecule has 2 aromatic rings. The predicted octanol–water partition coefficient (Wildman–Crippen LogP) is 1.76. The summed E-state index contributed by atoms with van der Waals surface area (Å²) in [6, 6.07) is 7.84. The fraction of sp³-hybridized carbons (Fsp3) is 0.357. The summed E-state index contributed by atoms with van der Waals surface area (Å²) >= 11 is 0. The Kier molecular flexibility index (Phi) is 4.19. The Morgan fingerprint density at radius 1 is 1.26 bits per heavy atom. The molecule has 1 aromatic carbocycles. The van der Waals surface area contributed by atoms with Crippen LogP contribution in [0.5, 0.6) is 5.75 Å². The molecule has 2 rings (SSSR count). The van der Waals surface area contributed by atoms with Gasteiger partial charge in [-0.3, -0.25) is 5.84 Å². The number of hydrogen-bond donors (Lipinski definition) is 2. The second-order valence-electron chi connectivity index (χ2n) is 4.76. The van der Waals surface area contributed by atoms with Crippen molar-refractivity contribution in [2.45, 2.75) is 26.0 Å². The van der Waals surface area contributed by atoms with Gasteiger partial charge >= 0.3 is 0 Å². The molecule has 19 heavy (non-hydrogen) atoms. The Bertz CT molecular complexity index is 518. The fourth-order valence-electron chi connectivity index (χ4n) is 2.01. The highest BCUT2D eigenvalue weighted by atomic mass is 16.5. The molecule has 0 spiro atoms. The minimum atomic E-state index is -0.0828. The van der Waals surface area contributed by atoms with Gasteiger partial charge in [-0.1, -0.05) is 12.1 Å². The summed E-state index contributed by atoms with van der Waals surface area (Å²) in [5.41, 5.74) is 4.91. The van der Waals surface area contributed by atoms with E-state index in [0.29, 0.717) is 0 Å². The van der Waals surface area contributed by atoms with Crippen LogP contribution < -0.4 is 16.0 Å². The highest BCUT2D eigenvalue weighted by Crippen LogP contribution is 2.23. The van der Waals surface area contributed by atoms with Crippen molar-refractivity contribution >= 4 is 0 Å². The average Bonchev–Trinajstić information content (AvgIpc) is 2.78. The zero-order chi connectivity index (χ0) is 13.8. The Morgan fingerprint density at radius 2 is 1.95 bits per heavy atom. The number of aromatic nitrogens is 2. The summed E-state index contributed by atoms with van der Waals surface area (Å²) < 4.78 is 7.58. The monoisotopic (exact) mass is 260 g/mol. The first kappa shape index (κ1) is 13.6. The van der Waals surface area contributed by atoms with E-state index >= 15 is 0 Å². The van der Waals surface area contributed by atoms with Gasteiger partial charge in [-0.2, -0.15) is 0 Å². The highest BCUT2D eigenvalue weighted by molar-refractivity contribution is 5.33. The van der Waals surface area contributed by atoms with Crippen LogP contribution in [0.4, 0.5) is 0 Å². The molecule has 0 aliphatic rings. The molecule has 1 heterocycles. The molecule has 0 saturated heterocycles. The topological polar surface area (TPSA) is 65.1 Å². The van der Waals surface area contributed by atoms with E-state index in [4.69, 9.17) is 10.6 Å². The van der Waals surface area contributed by atoms with E-state index in [0.717, 1.165) is 17.0 Å². The number of hydrogen-bond acceptors (Lipinski definition) is 4. The molecule has 102 valence electrons. The number of benzene rings is 1. The SMILES string of the molecule is CC(C)Oc1ccc(C(NN)c2cncn2C)cc1. The molecule has 0 saturated carbocycles. The van der Waals surface area contributed by atoms with Crippen molar-refractivity contribution in [1.82, 2.24) is 15.0 Å². The predicted molar refractivity (Wildman–Crippen MR) is 74.6 cm³/mol. The first-order chi connectivity index (χ1) is 9.11. The fourth-order valence-corrected chi connectivity index (χ4v) is 2.01. The van der Waals surface area contributed by atoms with Gasteiger partial charge in [-0.15, -0.1) is 0 Å². The number of nitrogens with one attached hydrogen (secondary N) is 1. The van der Waals surface area contributed by atoms with Crippen LogP contribution in [0.2, 0.25) is 0 Å². The summed E-state index contributed by atoms with van der Waals surface area (Å²) in [5.74, 6) is 6.52. The van der Waals surface area contributed by atoms with Crippen molar-refractivity contribution in [3.05, 3.63) is 48.0 Å². The second kappa shape index (κ2) is 5.86. The summed E-state index contributed by atoms with van der Waals surface area (Å²) in [4.78, 5) is 4.12. The molecule has 1 unspecified atom stereocenters. The van der Waals surface area contributed by atoms with Crippen LogP contribution in [0.3, 0.4) is 0 Å². The summed E-state index contributed by atoms with van der Waals surface area (Å²) in [6.07, 6.45) is 3.74. The lowest BCUT2D eigenvalue weighted by Gasteiger charge is -2.17. The number of hydrazine groups is 1. The minimum Gasteiger partial charge on any atom is -0.491 e. The van der Waals surface area contributed by atoms with Crippen LogP contribution in [-0.2, 0) is 7.05 Å². The van der Waals surface area contributed by atoms with Gasteiger partial charge < -0.3 is 9.30 Å². The maximum atomic E-state index is 5.66. The maximum absolute atomic E-state index is 5.66. The minimum absolute atomic E-state index is 0.0828. The van der Waals surface area contributed by atoms with Crippen molar-refractivity contribution in [1.29, 1.82) is 0 Å². The number of nitrogens with zero attached hydrogens (tertiary/aromatic N) is 2. The Balaban J connectivity index is 2.22. The van der Waals surface area contributed by atoms with E-state index in [1.807, 2.05) is 55.9 Å². The van der Waals surface area contributed by atoms with Gasteiger partial charge in [-0.25, -0.2) is 10.4 Å². The third-order valence-corrected chi connectivity index (χ3v) is 2.90. The molecule has 0 aliphatic heterocycles. The molecule has 0 fully saturated rings. The van der Waals surface area contributed by atoms with Crippen LogP contribution in [0.15, 0.2) is 36.8 Å². The molecule has 0 amide bonds. The number of nitrogens with two attached hydrogens (primary N) is 1. The lowest BCUT2D eigenvalue weighted by Crippen LogP contribution is -2.30. The average molecular weight is 260 g/mol. The quantitative estimate of drug-likeness (QED) is 0.635. The Morgan fingerprint density at radius 3 is 2.42 bits per heavy atom. The van der Waals surface area contributed by atoms with Gasteiger partial charge in [0.2, 0.25) is 0 Å². The molecule has 0 radical (unpaired) electrons. The van der Waals surface area contributed by atoms with Crippen LogP contribution in [0.1, 0.15) is 31.1 Å². The van der Waals surface area contributed by atoms with Crippen molar-refractivity contribution in [3.63, 3.8) is 0 Å². The third-order valence-electron chi connectivity index (χ3n) is 2.90. The Hall–Kier alpha value is -1.85. The van der Waals surface area contributed by atoms with Gasteiger partial charge in [0.25, 0.3) is 0 Å². The largest absolute Gasteiger partial charge is 0.491 e.